The molecule has 3 aliphatic rings. The molecular weight excluding hydrogens is 898 g/mol. The number of nitrogen functional groups attached to an aromatic ring is 3. The molecule has 11 heteroatoms. The number of amides is 3. The summed E-state index contributed by atoms with van der Waals surface area (Å²) < 4.78 is 1.05. The zero-order chi connectivity index (χ0) is 44.8. The number of carbonyl (C=O) groups is 3. The van der Waals surface area contributed by atoms with E-state index in [1.807, 2.05) is 76.5 Å². The molecule has 3 aliphatic heterocycles. The number of halogens is 1. The van der Waals surface area contributed by atoms with Gasteiger partial charge in [-0.05, 0) is 127 Å². The molecule has 6 aromatic rings. The van der Waals surface area contributed by atoms with Crippen LogP contribution in [0.5, 0.6) is 0 Å². The molecule has 9 rings (SSSR count). The van der Waals surface area contributed by atoms with Crippen molar-refractivity contribution in [3.05, 3.63) is 158 Å². The fourth-order valence-electron chi connectivity index (χ4n) is 8.76. The third-order valence-electron chi connectivity index (χ3n) is 12.3. The largest absolute Gasteiger partial charge is 0.398 e. The fraction of sp³-hybridized carbons (Fsp3) is 0.231. The van der Waals surface area contributed by atoms with Crippen molar-refractivity contribution in [2.24, 2.45) is 0 Å². The molecule has 3 amide bonds. The zero-order valence-corrected chi connectivity index (χ0v) is 38.1. The minimum Gasteiger partial charge on any atom is -0.398 e. The predicted molar refractivity (Wildman–Crippen MR) is 261 cm³/mol. The van der Waals surface area contributed by atoms with Crippen molar-refractivity contribution in [3.8, 4) is 39.4 Å². The Morgan fingerprint density at radius 2 is 0.889 bits per heavy atom. The van der Waals surface area contributed by atoms with Gasteiger partial charge in [0.15, 0.2) is 0 Å². The van der Waals surface area contributed by atoms with E-state index in [9.17, 15) is 19.6 Å². The predicted octanol–water partition coefficient (Wildman–Crippen LogP) is 9.00. The standard InChI is InChI=1S/C18H17N3O.C17H17IN2O.C17H18N2O/c1-12(22)21-8-7-15-16(13-5-3-2-4-6-13)9-14(10-19)18(20)17(15)11-21;1-11(21)20-8-7-13-14(12-5-3-2-4-6-12)9-16(18)17(19)15(13)10-20;1-12(20)19-10-9-15-14(13-5-3-2-4-6-13)7-8-17(18)16(15)11-19/h2-6,9H,7-8,11,20H2,1H3;2-6,9H,7-8,10,19H2,1H3;2-8H,9-11,18H2,1H3. The Hall–Kier alpha value is -6.65. The van der Waals surface area contributed by atoms with E-state index in [0.29, 0.717) is 37.4 Å². The summed E-state index contributed by atoms with van der Waals surface area (Å²) in [5.74, 6) is 0.258. The Kier molecular flexibility index (Phi) is 13.8. The maximum atomic E-state index is 11.6. The topological polar surface area (TPSA) is 163 Å². The van der Waals surface area contributed by atoms with Gasteiger partial charge in [-0.2, -0.15) is 5.26 Å². The first-order valence-electron chi connectivity index (χ1n) is 21.1. The monoisotopic (exact) mass is 949 g/mol. The summed E-state index contributed by atoms with van der Waals surface area (Å²) >= 11 is 2.28. The molecule has 3 heterocycles. The molecule has 0 radical (unpaired) electrons. The van der Waals surface area contributed by atoms with E-state index in [2.05, 4.69) is 77.2 Å². The van der Waals surface area contributed by atoms with Gasteiger partial charge in [-0.15, -0.1) is 0 Å². The third kappa shape index (κ3) is 9.71. The summed E-state index contributed by atoms with van der Waals surface area (Å²) in [5.41, 5.74) is 35.0. The number of fused-ring (bicyclic) bond motifs is 3. The smallest absolute Gasteiger partial charge is 0.219 e. The first kappa shape index (κ1) is 44.4. The average Bonchev–Trinajstić information content (AvgIpc) is 3.31. The molecule has 0 bridgehead atoms. The molecule has 63 heavy (non-hydrogen) atoms. The molecule has 0 atom stereocenters. The van der Waals surface area contributed by atoms with Crippen molar-refractivity contribution in [2.75, 3.05) is 36.8 Å². The van der Waals surface area contributed by atoms with Gasteiger partial charge in [0.05, 0.1) is 16.9 Å². The van der Waals surface area contributed by atoms with E-state index in [4.69, 9.17) is 17.2 Å². The number of hydrogen-bond acceptors (Lipinski definition) is 7. The lowest BCUT2D eigenvalue weighted by molar-refractivity contribution is -0.130. The van der Waals surface area contributed by atoms with Crippen LogP contribution in [-0.4, -0.2) is 52.1 Å². The quantitative estimate of drug-likeness (QED) is 0.118. The van der Waals surface area contributed by atoms with E-state index in [1.165, 1.54) is 33.4 Å². The second-order valence-corrected chi connectivity index (χ2v) is 17.2. The number of carbonyl (C=O) groups excluding carboxylic acids is 3. The Labute approximate surface area is 383 Å². The summed E-state index contributed by atoms with van der Waals surface area (Å²) in [6.45, 7) is 8.74. The van der Waals surface area contributed by atoms with Crippen LogP contribution in [0, 0.1) is 14.9 Å². The van der Waals surface area contributed by atoms with Crippen LogP contribution in [0.2, 0.25) is 0 Å². The van der Waals surface area contributed by atoms with E-state index < -0.39 is 0 Å². The van der Waals surface area contributed by atoms with Crippen molar-refractivity contribution >= 4 is 57.4 Å². The summed E-state index contributed by atoms with van der Waals surface area (Å²) in [4.78, 5) is 40.3. The number of nitrogens with zero attached hydrogens (tertiary/aromatic N) is 4. The lowest BCUT2D eigenvalue weighted by atomic mass is 9.87. The molecule has 6 N–H and O–H groups in total. The lowest BCUT2D eigenvalue weighted by Crippen LogP contribution is -2.35. The maximum absolute atomic E-state index is 11.6. The third-order valence-corrected chi connectivity index (χ3v) is 13.1. The SMILES string of the molecule is CC(=O)N1CCc2c(-c3ccccc3)cc(C#N)c(N)c2C1.CC(=O)N1CCc2c(-c3ccccc3)cc(I)c(N)c2C1.CC(=O)N1CCc2c(-c3ccccc3)ccc(N)c2C1. The van der Waals surface area contributed by atoms with Crippen LogP contribution in [0.25, 0.3) is 33.4 Å². The van der Waals surface area contributed by atoms with E-state index >= 15 is 0 Å². The van der Waals surface area contributed by atoms with Crippen LogP contribution in [0.3, 0.4) is 0 Å². The molecule has 0 aromatic heterocycles. The molecule has 6 aromatic carbocycles. The maximum Gasteiger partial charge on any atom is 0.219 e. The highest BCUT2D eigenvalue weighted by Gasteiger charge is 2.27. The van der Waals surface area contributed by atoms with Crippen LogP contribution in [0.4, 0.5) is 17.1 Å². The highest BCUT2D eigenvalue weighted by atomic mass is 127. The summed E-state index contributed by atoms with van der Waals surface area (Å²) in [6.07, 6.45) is 2.49. The number of anilines is 3. The number of nitrogens with two attached hydrogens (primary N) is 3. The second kappa shape index (κ2) is 19.6. The van der Waals surface area contributed by atoms with Crippen molar-refractivity contribution in [1.82, 2.24) is 14.7 Å². The first-order valence-corrected chi connectivity index (χ1v) is 22.2. The number of benzene rings is 6. The van der Waals surface area contributed by atoms with Gasteiger partial charge in [-0.25, -0.2) is 0 Å². The second-order valence-electron chi connectivity index (χ2n) is 16.1. The fourth-order valence-corrected chi connectivity index (χ4v) is 9.40. The Balaban J connectivity index is 0.000000142. The highest BCUT2D eigenvalue weighted by molar-refractivity contribution is 14.1. The van der Waals surface area contributed by atoms with Crippen molar-refractivity contribution in [3.63, 3.8) is 0 Å². The van der Waals surface area contributed by atoms with Gasteiger partial charge in [0.2, 0.25) is 17.7 Å². The molecular formula is C52H52IN7O3. The summed E-state index contributed by atoms with van der Waals surface area (Å²) in [6, 6.07) is 40.9. The Bertz CT molecular complexity index is 2720. The van der Waals surface area contributed by atoms with Gasteiger partial charge in [-0.3, -0.25) is 14.4 Å². The Morgan fingerprint density at radius 1 is 0.508 bits per heavy atom. The molecule has 0 fully saturated rings. The van der Waals surface area contributed by atoms with Gasteiger partial charge >= 0.3 is 0 Å². The minimum absolute atomic E-state index is 0.0358. The van der Waals surface area contributed by atoms with Gasteiger partial charge < -0.3 is 31.9 Å². The van der Waals surface area contributed by atoms with Crippen LogP contribution >= 0.6 is 22.6 Å². The lowest BCUT2D eigenvalue weighted by Gasteiger charge is -2.31. The normalized spacial score (nSPS) is 13.7. The van der Waals surface area contributed by atoms with E-state index in [0.717, 1.165) is 80.7 Å². The van der Waals surface area contributed by atoms with Crippen molar-refractivity contribution in [1.29, 1.82) is 5.26 Å². The first-order chi connectivity index (χ1) is 30.4. The molecule has 0 saturated carbocycles. The van der Waals surface area contributed by atoms with Gasteiger partial charge in [0.1, 0.15) is 6.07 Å². The van der Waals surface area contributed by atoms with Crippen LogP contribution in [-0.2, 0) is 53.3 Å². The molecule has 0 aliphatic carbocycles. The molecule has 0 spiro atoms. The molecule has 320 valence electrons. The van der Waals surface area contributed by atoms with Gasteiger partial charge in [-0.1, -0.05) is 97.1 Å². The summed E-state index contributed by atoms with van der Waals surface area (Å²) in [5, 5.41) is 9.36. The highest BCUT2D eigenvalue weighted by Crippen LogP contribution is 2.38. The van der Waals surface area contributed by atoms with Crippen LogP contribution < -0.4 is 17.2 Å². The molecule has 0 saturated heterocycles. The molecule has 0 unspecified atom stereocenters. The van der Waals surface area contributed by atoms with Gasteiger partial charge in [0.25, 0.3) is 0 Å². The van der Waals surface area contributed by atoms with E-state index in [-0.39, 0.29) is 17.7 Å². The van der Waals surface area contributed by atoms with Crippen LogP contribution in [0.1, 0.15) is 59.7 Å². The van der Waals surface area contributed by atoms with Crippen molar-refractivity contribution < 1.29 is 14.4 Å². The number of hydrogen-bond donors (Lipinski definition) is 3. The van der Waals surface area contributed by atoms with Crippen LogP contribution in [0.15, 0.2) is 115 Å². The zero-order valence-electron chi connectivity index (χ0n) is 36.0. The number of nitriles is 1. The van der Waals surface area contributed by atoms with Gasteiger partial charge in [0, 0.05) is 69.3 Å². The minimum atomic E-state index is 0.0358. The summed E-state index contributed by atoms with van der Waals surface area (Å²) in [7, 11) is 0. The van der Waals surface area contributed by atoms with Crippen molar-refractivity contribution in [2.45, 2.75) is 59.7 Å². The average molecular weight is 950 g/mol. The number of rotatable bonds is 3. The molecule has 10 nitrogen and oxygen atoms in total. The Morgan fingerprint density at radius 3 is 1.32 bits per heavy atom. The van der Waals surface area contributed by atoms with E-state index in [1.54, 1.807) is 25.7 Å².